The molecule has 172 valence electrons. The molecule has 2 saturated heterocycles. The van der Waals surface area contributed by atoms with E-state index in [4.69, 9.17) is 0 Å². The number of nitrogens with zero attached hydrogens (tertiary/aromatic N) is 4. The molecule has 5 rings (SSSR count). The van der Waals surface area contributed by atoms with E-state index < -0.39 is 0 Å². The normalized spacial score (nSPS) is 18.1. The molecule has 4 heterocycles. The van der Waals surface area contributed by atoms with E-state index in [1.54, 1.807) is 24.4 Å². The summed E-state index contributed by atoms with van der Waals surface area (Å²) in [7, 11) is 0. The number of piperidine rings is 1. The van der Waals surface area contributed by atoms with Gasteiger partial charge < -0.3 is 10.2 Å². The Balaban J connectivity index is 1.15. The fraction of sp³-hybridized carbons (Fsp3) is 0.280. The number of amides is 1. The van der Waals surface area contributed by atoms with Crippen LogP contribution in [0.2, 0.25) is 0 Å². The second-order valence-corrected chi connectivity index (χ2v) is 9.49. The van der Waals surface area contributed by atoms with Gasteiger partial charge in [0.15, 0.2) is 5.78 Å². The van der Waals surface area contributed by atoms with E-state index in [0.29, 0.717) is 34.7 Å². The largest absolute Gasteiger partial charge is 0.350 e. The minimum absolute atomic E-state index is 0.0462. The highest BCUT2D eigenvalue weighted by Gasteiger charge is 2.26. The number of hydrogen-bond acceptors (Lipinski definition) is 8. The van der Waals surface area contributed by atoms with Gasteiger partial charge in [0.2, 0.25) is 11.1 Å². The van der Waals surface area contributed by atoms with E-state index in [9.17, 15) is 14.4 Å². The Morgan fingerprint density at radius 2 is 1.91 bits per heavy atom. The number of thioether (sulfide) groups is 1. The summed E-state index contributed by atoms with van der Waals surface area (Å²) in [6.07, 6.45) is 5.09. The van der Waals surface area contributed by atoms with Gasteiger partial charge in [-0.3, -0.25) is 14.4 Å². The monoisotopic (exact) mass is 473 g/mol. The van der Waals surface area contributed by atoms with Crippen LogP contribution in [0.1, 0.15) is 35.4 Å². The van der Waals surface area contributed by atoms with E-state index in [0.717, 1.165) is 48.6 Å². The van der Waals surface area contributed by atoms with Crippen molar-refractivity contribution in [2.45, 2.75) is 19.3 Å². The van der Waals surface area contributed by atoms with Crippen LogP contribution in [0.4, 0.5) is 5.95 Å². The molecule has 34 heavy (non-hydrogen) atoms. The third-order valence-electron chi connectivity index (χ3n) is 6.03. The molecule has 2 aromatic heterocycles. The first-order valence-electron chi connectivity index (χ1n) is 11.2. The number of pyridine rings is 1. The third-order valence-corrected chi connectivity index (χ3v) is 6.96. The average molecular weight is 474 g/mol. The minimum atomic E-state index is -0.157. The number of ketones is 1. The molecule has 1 N–H and O–H groups in total. The second-order valence-electron chi connectivity index (χ2n) is 8.39. The molecule has 1 amide bonds. The van der Waals surface area contributed by atoms with Crippen molar-refractivity contribution in [2.75, 3.05) is 24.5 Å². The number of carbonyl (C=O) groups is 3. The number of para-hydroxylation sites is 1. The van der Waals surface area contributed by atoms with Crippen molar-refractivity contribution in [1.29, 1.82) is 0 Å². The zero-order valence-electron chi connectivity index (χ0n) is 18.4. The summed E-state index contributed by atoms with van der Waals surface area (Å²) in [4.78, 5) is 51.9. The van der Waals surface area contributed by atoms with E-state index >= 15 is 0 Å². The highest BCUT2D eigenvalue weighted by molar-refractivity contribution is 8.18. The number of benzene rings is 1. The molecule has 0 unspecified atom stereocenters. The van der Waals surface area contributed by atoms with E-state index in [1.807, 2.05) is 30.3 Å². The summed E-state index contributed by atoms with van der Waals surface area (Å²) >= 11 is 0.976. The van der Waals surface area contributed by atoms with Crippen LogP contribution in [-0.4, -0.2) is 51.4 Å². The Labute approximate surface area is 200 Å². The van der Waals surface area contributed by atoms with Gasteiger partial charge in [-0.05, 0) is 54.8 Å². The summed E-state index contributed by atoms with van der Waals surface area (Å²) < 4.78 is 0. The maximum atomic E-state index is 12.6. The number of aromatic nitrogens is 3. The van der Waals surface area contributed by atoms with Gasteiger partial charge in [0.25, 0.3) is 5.91 Å². The summed E-state index contributed by atoms with van der Waals surface area (Å²) in [6, 6.07) is 13.1. The van der Waals surface area contributed by atoms with Crippen LogP contribution >= 0.6 is 11.8 Å². The summed E-state index contributed by atoms with van der Waals surface area (Å²) in [5.74, 6) is 0.662. The fourth-order valence-electron chi connectivity index (χ4n) is 4.13. The van der Waals surface area contributed by atoms with Crippen LogP contribution in [-0.2, 0) is 9.59 Å². The lowest BCUT2D eigenvalue weighted by atomic mass is 9.97. The van der Waals surface area contributed by atoms with Gasteiger partial charge in [-0.2, -0.15) is 0 Å². The van der Waals surface area contributed by atoms with Gasteiger partial charge in [0.05, 0.1) is 22.5 Å². The van der Waals surface area contributed by atoms with Crippen molar-refractivity contribution in [3.63, 3.8) is 0 Å². The molecule has 2 fully saturated rings. The predicted molar refractivity (Wildman–Crippen MR) is 131 cm³/mol. The quantitative estimate of drug-likeness (QED) is 0.445. The first kappa shape index (κ1) is 22.2. The molecular weight excluding hydrogens is 450 g/mol. The van der Waals surface area contributed by atoms with Gasteiger partial charge in [-0.25, -0.2) is 15.0 Å². The molecule has 9 heteroatoms. The van der Waals surface area contributed by atoms with E-state index in [-0.39, 0.29) is 23.2 Å². The van der Waals surface area contributed by atoms with Crippen LogP contribution in [0.15, 0.2) is 53.6 Å². The highest BCUT2D eigenvalue weighted by Crippen LogP contribution is 2.30. The Kier molecular flexibility index (Phi) is 6.35. The van der Waals surface area contributed by atoms with Crippen molar-refractivity contribution in [1.82, 2.24) is 20.3 Å². The average Bonchev–Trinajstić information content (AvgIpc) is 3.18. The number of fused-ring (bicyclic) bond motifs is 1. The Morgan fingerprint density at radius 1 is 1.09 bits per heavy atom. The number of Topliss-reactive ketones (excluding diaryl/α,β-unsaturated/α-hetero) is 1. The SMILES string of the molecule is O=C1CC(=O)/C(=C/c2ccnc(N3CCC(CNC(=O)c4ccc5ccccc5n4)CC3)n2)S1. The van der Waals surface area contributed by atoms with Crippen molar-refractivity contribution in [3.05, 3.63) is 65.0 Å². The van der Waals surface area contributed by atoms with Crippen molar-refractivity contribution in [2.24, 2.45) is 5.92 Å². The Hall–Kier alpha value is -3.59. The number of carbonyl (C=O) groups excluding carboxylic acids is 3. The third kappa shape index (κ3) is 4.99. The number of allylic oxidation sites excluding steroid dienone is 1. The van der Waals surface area contributed by atoms with Crippen LogP contribution in [0.3, 0.4) is 0 Å². The summed E-state index contributed by atoms with van der Waals surface area (Å²) in [5, 5.41) is 3.91. The smallest absolute Gasteiger partial charge is 0.269 e. The zero-order valence-corrected chi connectivity index (χ0v) is 19.3. The minimum Gasteiger partial charge on any atom is -0.350 e. The molecule has 0 radical (unpaired) electrons. The van der Waals surface area contributed by atoms with Crippen LogP contribution in [0, 0.1) is 5.92 Å². The molecule has 0 aliphatic carbocycles. The first-order chi connectivity index (χ1) is 16.5. The zero-order chi connectivity index (χ0) is 23.5. The van der Waals surface area contributed by atoms with Gasteiger partial charge in [-0.1, -0.05) is 24.3 Å². The number of anilines is 1. The van der Waals surface area contributed by atoms with Crippen LogP contribution in [0.5, 0.6) is 0 Å². The topological polar surface area (TPSA) is 105 Å². The summed E-state index contributed by atoms with van der Waals surface area (Å²) in [5.41, 5.74) is 1.85. The maximum absolute atomic E-state index is 12.6. The molecule has 0 bridgehead atoms. The van der Waals surface area contributed by atoms with E-state index in [1.165, 1.54) is 0 Å². The van der Waals surface area contributed by atoms with Crippen LogP contribution < -0.4 is 10.2 Å². The lowest BCUT2D eigenvalue weighted by Crippen LogP contribution is -2.39. The molecule has 2 aliphatic heterocycles. The van der Waals surface area contributed by atoms with Gasteiger partial charge >= 0.3 is 0 Å². The van der Waals surface area contributed by atoms with Crippen LogP contribution in [0.25, 0.3) is 17.0 Å². The van der Waals surface area contributed by atoms with Gasteiger partial charge in [0, 0.05) is 31.2 Å². The fourth-order valence-corrected chi connectivity index (χ4v) is 4.94. The van der Waals surface area contributed by atoms with E-state index in [2.05, 4.69) is 25.2 Å². The van der Waals surface area contributed by atoms with Gasteiger partial charge in [0.1, 0.15) is 5.69 Å². The van der Waals surface area contributed by atoms with Gasteiger partial charge in [-0.15, -0.1) is 0 Å². The lowest BCUT2D eigenvalue weighted by Gasteiger charge is -2.32. The molecule has 2 aliphatic rings. The second kappa shape index (κ2) is 9.72. The number of nitrogens with one attached hydrogen (secondary N) is 1. The molecule has 3 aromatic rings. The number of rotatable bonds is 5. The van der Waals surface area contributed by atoms with Crippen molar-refractivity contribution < 1.29 is 14.4 Å². The molecule has 0 saturated carbocycles. The van der Waals surface area contributed by atoms with Crippen molar-refractivity contribution >= 4 is 51.5 Å². The molecule has 0 spiro atoms. The Bertz CT molecular complexity index is 1300. The molecular formula is C25H23N5O3S. The molecule has 1 aromatic carbocycles. The maximum Gasteiger partial charge on any atom is 0.269 e. The molecule has 8 nitrogen and oxygen atoms in total. The molecule has 0 atom stereocenters. The Morgan fingerprint density at radius 3 is 2.71 bits per heavy atom. The lowest BCUT2D eigenvalue weighted by molar-refractivity contribution is -0.119. The number of hydrogen-bond donors (Lipinski definition) is 1. The highest BCUT2D eigenvalue weighted by atomic mass is 32.2. The standard InChI is InChI=1S/C25H23N5O3S/c31-21-14-23(32)34-22(21)13-18-7-10-26-25(28-18)30-11-8-16(9-12-30)15-27-24(33)20-6-5-17-3-1-2-4-19(17)29-20/h1-7,10,13,16H,8-9,11-12,14-15H2,(H,27,33)/b22-13-. The first-order valence-corrected chi connectivity index (χ1v) is 12.0. The predicted octanol–water partition coefficient (Wildman–Crippen LogP) is 3.24. The van der Waals surface area contributed by atoms with Crippen molar-refractivity contribution in [3.8, 4) is 0 Å². The summed E-state index contributed by atoms with van der Waals surface area (Å²) in [6.45, 7) is 2.16.